The summed E-state index contributed by atoms with van der Waals surface area (Å²) in [5.41, 5.74) is 0. The van der Waals surface area contributed by atoms with Gasteiger partial charge in [-0.1, -0.05) is 0 Å². The fraction of sp³-hybridized carbons (Fsp3) is 1.00. The average Bonchev–Trinajstić information content (AvgIpc) is 1.46. The molecule has 0 aromatic heterocycles. The minimum Gasteiger partial charge on any atom is -0.665 e. The first-order chi connectivity index (χ1) is 1.50. The smallest absolute Gasteiger partial charge is 0 e. The van der Waals surface area contributed by atoms with Crippen LogP contribution in [0.25, 0.3) is 5.32 Å². The van der Waals surface area contributed by atoms with Gasteiger partial charge in [-0.25, -0.2) is 0 Å². The summed E-state index contributed by atoms with van der Waals surface area (Å²) in [5, 5.41) is 3.75. The first-order valence-electron chi connectivity index (χ1n) is 1.13. The van der Waals surface area contributed by atoms with Crippen LogP contribution in [0.15, 0.2) is 0 Å². The van der Waals surface area contributed by atoms with Crippen LogP contribution < -0.4 is 0 Å². The Morgan fingerprint density at radius 2 is 1.50 bits per heavy atom. The fourth-order valence-corrected chi connectivity index (χ4v) is 0. The summed E-state index contributed by atoms with van der Waals surface area (Å²) < 4.78 is 0. The standard InChI is InChI=1S/C2H4N.Y/c1-2-3-1;/h1-2H2;/q-1;. The molecule has 0 atom stereocenters. The van der Waals surface area contributed by atoms with Gasteiger partial charge in [-0.3, -0.25) is 0 Å². The summed E-state index contributed by atoms with van der Waals surface area (Å²) >= 11 is 0. The zero-order chi connectivity index (χ0) is 2.12. The Kier molecular flexibility index (Phi) is 2.92. The van der Waals surface area contributed by atoms with Crippen molar-refractivity contribution in [1.29, 1.82) is 0 Å². The molecule has 4 heavy (non-hydrogen) atoms. The third kappa shape index (κ3) is 3.06. The molecule has 0 aliphatic carbocycles. The molecule has 1 aliphatic heterocycles. The molecule has 0 aromatic carbocycles. The predicted molar refractivity (Wildman–Crippen MR) is 13.1 cm³/mol. The Morgan fingerprint density at radius 1 is 1.25 bits per heavy atom. The van der Waals surface area contributed by atoms with Crippen molar-refractivity contribution < 1.29 is 32.7 Å². The monoisotopic (exact) mass is 131 g/mol. The maximum atomic E-state index is 3.75. The van der Waals surface area contributed by atoms with Crippen LogP contribution in [0.3, 0.4) is 0 Å². The molecule has 0 N–H and O–H groups in total. The van der Waals surface area contributed by atoms with Gasteiger partial charge in [0.25, 0.3) is 0 Å². The van der Waals surface area contributed by atoms with Crippen molar-refractivity contribution in [3.63, 3.8) is 0 Å². The van der Waals surface area contributed by atoms with E-state index in [1.807, 2.05) is 0 Å². The van der Waals surface area contributed by atoms with Gasteiger partial charge in [0.15, 0.2) is 0 Å². The molecule has 0 spiro atoms. The van der Waals surface area contributed by atoms with E-state index in [0.29, 0.717) is 0 Å². The van der Waals surface area contributed by atoms with Crippen molar-refractivity contribution >= 4 is 0 Å². The molecule has 1 fully saturated rings. The SMILES string of the molecule is C1C[N-]1.[Y]. The Balaban J connectivity index is 0.0000000900. The zero-order valence-corrected chi connectivity index (χ0v) is 5.28. The van der Waals surface area contributed by atoms with E-state index in [0.717, 1.165) is 13.1 Å². The fourth-order valence-electron chi connectivity index (χ4n) is 0. The van der Waals surface area contributed by atoms with E-state index in [-0.39, 0.29) is 32.7 Å². The number of rotatable bonds is 0. The molecule has 0 amide bonds. The molecule has 1 saturated heterocycles. The van der Waals surface area contributed by atoms with Crippen LogP contribution in [-0.4, -0.2) is 13.1 Å². The zero-order valence-electron chi connectivity index (χ0n) is 2.44. The van der Waals surface area contributed by atoms with Crippen LogP contribution in [0.1, 0.15) is 0 Å². The molecule has 1 aliphatic rings. The molecule has 1 nitrogen and oxygen atoms in total. The van der Waals surface area contributed by atoms with Crippen LogP contribution in [0.4, 0.5) is 0 Å². The quantitative estimate of drug-likeness (QED) is 0.421. The van der Waals surface area contributed by atoms with Gasteiger partial charge in [0.05, 0.1) is 0 Å². The Bertz CT molecular complexity index is 10.8. The molecule has 0 aromatic rings. The molecule has 0 saturated carbocycles. The van der Waals surface area contributed by atoms with E-state index < -0.39 is 0 Å². The molecular formula is C2H4NY-. The third-order valence-electron chi connectivity index (χ3n) is 0.224. The van der Waals surface area contributed by atoms with Gasteiger partial charge in [0.2, 0.25) is 0 Å². The minimum atomic E-state index is 0. The second kappa shape index (κ2) is 2.31. The molecule has 1 heterocycles. The predicted octanol–water partition coefficient (Wildman–Crippen LogP) is 0.371. The van der Waals surface area contributed by atoms with E-state index in [2.05, 4.69) is 5.32 Å². The molecule has 0 bridgehead atoms. The topological polar surface area (TPSA) is 14.1 Å². The van der Waals surface area contributed by atoms with Crippen molar-refractivity contribution in [1.82, 2.24) is 0 Å². The van der Waals surface area contributed by atoms with Crippen molar-refractivity contribution in [2.24, 2.45) is 0 Å². The van der Waals surface area contributed by atoms with Gasteiger partial charge in [0, 0.05) is 32.7 Å². The van der Waals surface area contributed by atoms with Crippen molar-refractivity contribution in [3.8, 4) is 0 Å². The van der Waals surface area contributed by atoms with Gasteiger partial charge in [-0.05, 0) is 0 Å². The molecule has 1 rings (SSSR count). The van der Waals surface area contributed by atoms with Gasteiger partial charge < -0.3 is 5.32 Å². The van der Waals surface area contributed by atoms with Gasteiger partial charge in [-0.2, -0.15) is 13.1 Å². The van der Waals surface area contributed by atoms with Crippen molar-refractivity contribution in [2.45, 2.75) is 0 Å². The van der Waals surface area contributed by atoms with E-state index in [4.69, 9.17) is 0 Å². The number of nitrogens with zero attached hydrogens (tertiary/aromatic N) is 1. The summed E-state index contributed by atoms with van der Waals surface area (Å²) in [7, 11) is 0. The number of hydrogen-bond acceptors (Lipinski definition) is 0. The van der Waals surface area contributed by atoms with Gasteiger partial charge in [-0.15, -0.1) is 0 Å². The van der Waals surface area contributed by atoms with Crippen LogP contribution >= 0.6 is 0 Å². The van der Waals surface area contributed by atoms with Crippen LogP contribution in [0, 0.1) is 0 Å². The molecular weight excluding hydrogens is 127 g/mol. The summed E-state index contributed by atoms with van der Waals surface area (Å²) in [5.74, 6) is 0. The molecule has 1 radical (unpaired) electrons. The van der Waals surface area contributed by atoms with Crippen LogP contribution in [0.2, 0.25) is 0 Å². The largest absolute Gasteiger partial charge is 0.665 e. The Labute approximate surface area is 51.0 Å². The van der Waals surface area contributed by atoms with E-state index in [1.54, 1.807) is 0 Å². The van der Waals surface area contributed by atoms with E-state index >= 15 is 0 Å². The molecule has 0 unspecified atom stereocenters. The second-order valence-electron chi connectivity index (χ2n) is 0.671. The number of hydrogen-bond donors (Lipinski definition) is 0. The van der Waals surface area contributed by atoms with Crippen LogP contribution in [0.5, 0.6) is 0 Å². The maximum absolute atomic E-state index is 3.75. The average molecular weight is 131 g/mol. The van der Waals surface area contributed by atoms with E-state index in [1.165, 1.54) is 0 Å². The van der Waals surface area contributed by atoms with Crippen molar-refractivity contribution in [3.05, 3.63) is 5.32 Å². The summed E-state index contributed by atoms with van der Waals surface area (Å²) in [4.78, 5) is 0. The van der Waals surface area contributed by atoms with Crippen LogP contribution in [-0.2, 0) is 32.7 Å². The molecule has 2 heteroatoms. The van der Waals surface area contributed by atoms with Gasteiger partial charge >= 0.3 is 0 Å². The Hall–Kier alpha value is 1.06. The van der Waals surface area contributed by atoms with Gasteiger partial charge in [0.1, 0.15) is 0 Å². The minimum absolute atomic E-state index is 0. The second-order valence-corrected chi connectivity index (χ2v) is 0.671. The van der Waals surface area contributed by atoms with Crippen molar-refractivity contribution in [2.75, 3.05) is 13.1 Å². The maximum Gasteiger partial charge on any atom is 0 e. The van der Waals surface area contributed by atoms with E-state index in [9.17, 15) is 0 Å². The normalized spacial score (nSPS) is 18.0. The first kappa shape index (κ1) is 5.06. The Morgan fingerprint density at radius 3 is 1.50 bits per heavy atom. The summed E-state index contributed by atoms with van der Waals surface area (Å²) in [6.45, 7) is 2.25. The molecule has 21 valence electrons. The summed E-state index contributed by atoms with van der Waals surface area (Å²) in [6, 6.07) is 0. The first-order valence-corrected chi connectivity index (χ1v) is 1.13. The summed E-state index contributed by atoms with van der Waals surface area (Å²) in [6.07, 6.45) is 0. The third-order valence-corrected chi connectivity index (χ3v) is 0.224.